The minimum atomic E-state index is -1.81. The predicted octanol–water partition coefficient (Wildman–Crippen LogP) is -2.98. The van der Waals surface area contributed by atoms with Crippen LogP contribution < -0.4 is 0 Å². The number of rotatable bonds is 12. The zero-order valence-electron chi connectivity index (χ0n) is 44.7. The van der Waals surface area contributed by atoms with Crippen molar-refractivity contribution in [3.05, 3.63) is 11.6 Å². The molecule has 0 spiro atoms. The fraction of sp³-hybridized carbons (Fsp3) is 0.962. The molecule has 5 aliphatic carbocycles. The maximum atomic E-state index is 12.6. The summed E-state index contributed by atoms with van der Waals surface area (Å²) < 4.78 is 47.3. The van der Waals surface area contributed by atoms with Crippen LogP contribution in [0, 0.1) is 50.2 Å². The first-order valence-electron chi connectivity index (χ1n) is 27.4. The lowest BCUT2D eigenvalue weighted by molar-refractivity contribution is -0.348. The molecular formula is C53H88O23. The van der Waals surface area contributed by atoms with E-state index in [4.69, 9.17) is 37.9 Å². The maximum Gasteiger partial charge on any atom is 0.186 e. The molecule has 9 aliphatic rings. The Balaban J connectivity index is 0.870. The fourth-order valence-electron chi connectivity index (χ4n) is 16.3. The molecule has 76 heavy (non-hydrogen) atoms. The fourth-order valence-corrected chi connectivity index (χ4v) is 16.3. The van der Waals surface area contributed by atoms with Gasteiger partial charge in [-0.1, -0.05) is 60.1 Å². The van der Waals surface area contributed by atoms with E-state index in [0.717, 1.165) is 25.7 Å². The second-order valence-corrected chi connectivity index (χ2v) is 26.1. The molecule has 4 saturated heterocycles. The molecule has 4 saturated carbocycles. The Morgan fingerprint density at radius 1 is 0.539 bits per heavy atom. The molecule has 15 N–H and O–H groups in total. The topological polar surface area (TPSA) is 377 Å². The summed E-state index contributed by atoms with van der Waals surface area (Å²) in [6, 6.07) is 0. The van der Waals surface area contributed by atoms with Gasteiger partial charge in [0.2, 0.25) is 0 Å². The lowest BCUT2D eigenvalue weighted by atomic mass is 9.33. The number of aliphatic hydroxyl groups excluding tert-OH is 15. The first-order valence-corrected chi connectivity index (χ1v) is 27.4. The zero-order valence-corrected chi connectivity index (χ0v) is 44.7. The summed E-state index contributed by atoms with van der Waals surface area (Å²) in [6.07, 6.45) is -24.2. The first kappa shape index (κ1) is 59.4. The van der Waals surface area contributed by atoms with E-state index in [2.05, 4.69) is 40.7 Å². The number of hydrogen-bond donors (Lipinski definition) is 15. The third-order valence-corrected chi connectivity index (χ3v) is 21.3. The van der Waals surface area contributed by atoms with Crippen molar-refractivity contribution in [2.45, 2.75) is 235 Å². The average molecular weight is 1090 g/mol. The van der Waals surface area contributed by atoms with Gasteiger partial charge in [0.05, 0.1) is 51.3 Å². The first-order chi connectivity index (χ1) is 35.5. The van der Waals surface area contributed by atoms with Gasteiger partial charge in [0.25, 0.3) is 0 Å². The van der Waals surface area contributed by atoms with Crippen LogP contribution in [0.3, 0.4) is 0 Å². The van der Waals surface area contributed by atoms with Crippen LogP contribution in [-0.2, 0) is 37.9 Å². The Labute approximate surface area is 443 Å². The number of ether oxygens (including phenoxy) is 8. The van der Waals surface area contributed by atoms with Crippen molar-refractivity contribution in [1.29, 1.82) is 0 Å². The van der Waals surface area contributed by atoms with Crippen LogP contribution in [0.5, 0.6) is 0 Å². The molecule has 0 amide bonds. The third-order valence-electron chi connectivity index (χ3n) is 21.3. The maximum absolute atomic E-state index is 12.6. The monoisotopic (exact) mass is 1090 g/mol. The largest absolute Gasteiger partial charge is 0.396 e. The summed E-state index contributed by atoms with van der Waals surface area (Å²) in [4.78, 5) is 0. The normalized spacial score (nSPS) is 55.1. The quantitative estimate of drug-likeness (QED) is 0.0685. The van der Waals surface area contributed by atoms with Crippen LogP contribution in [0.1, 0.15) is 99.8 Å². The van der Waals surface area contributed by atoms with Crippen molar-refractivity contribution in [1.82, 2.24) is 0 Å². The zero-order chi connectivity index (χ0) is 55.6. The molecule has 0 aromatic heterocycles. The van der Waals surface area contributed by atoms with Crippen LogP contribution in [-0.4, -0.2) is 245 Å². The summed E-state index contributed by atoms with van der Waals surface area (Å²) in [6.45, 7) is 13.1. The molecule has 0 radical (unpaired) electrons. The van der Waals surface area contributed by atoms with Gasteiger partial charge >= 0.3 is 0 Å². The van der Waals surface area contributed by atoms with E-state index in [9.17, 15) is 76.6 Å². The summed E-state index contributed by atoms with van der Waals surface area (Å²) in [5.74, 6) is 0.0675. The Hall–Kier alpha value is -1.18. The van der Waals surface area contributed by atoms with E-state index in [-0.39, 0.29) is 48.2 Å². The van der Waals surface area contributed by atoms with Gasteiger partial charge in [0.1, 0.15) is 91.6 Å². The van der Waals surface area contributed by atoms with E-state index in [1.165, 1.54) is 5.57 Å². The van der Waals surface area contributed by atoms with Crippen LogP contribution >= 0.6 is 0 Å². The highest BCUT2D eigenvalue weighted by Crippen LogP contribution is 2.76. The Morgan fingerprint density at radius 2 is 1.07 bits per heavy atom. The third kappa shape index (κ3) is 9.60. The smallest absolute Gasteiger partial charge is 0.186 e. The number of allylic oxidation sites excluding steroid dienone is 2. The van der Waals surface area contributed by atoms with E-state index in [0.29, 0.717) is 19.3 Å². The lowest BCUT2D eigenvalue weighted by Gasteiger charge is -2.72. The molecule has 4 heterocycles. The van der Waals surface area contributed by atoms with Gasteiger partial charge in [0, 0.05) is 5.41 Å². The van der Waals surface area contributed by atoms with Gasteiger partial charge in [-0.3, -0.25) is 0 Å². The van der Waals surface area contributed by atoms with Gasteiger partial charge in [-0.2, -0.15) is 0 Å². The van der Waals surface area contributed by atoms with Gasteiger partial charge in [-0.25, -0.2) is 0 Å². The second kappa shape index (κ2) is 21.5. The Bertz CT molecular complexity index is 2050. The van der Waals surface area contributed by atoms with Crippen molar-refractivity contribution in [2.75, 3.05) is 33.0 Å². The summed E-state index contributed by atoms with van der Waals surface area (Å²) >= 11 is 0. The summed E-state index contributed by atoms with van der Waals surface area (Å²) in [5, 5.41) is 162. The van der Waals surface area contributed by atoms with Gasteiger partial charge in [-0.15, -0.1) is 0 Å². The minimum Gasteiger partial charge on any atom is -0.396 e. The van der Waals surface area contributed by atoms with Crippen LogP contribution in [0.4, 0.5) is 0 Å². The standard InChI is InChI=1S/C53H88O23/c1-48(2)14-23-22-8-9-29-50(5)12-11-31(75-47-43(68)39(64)36(61)27(74-47)20-71-45-41(66)38(63)35(60)26(73-45)19-70-44-40(65)33(58)24(56)18-69-44)49(3,4)28(50)10-13-51(29,6)52(22,7)15-30(57)53(23,21-55)16-32(48)76-46-42(67)37(62)34(59)25(17-54)72-46/h8,23-47,54-68H,9-21H2,1-7H3/t23-,24+,25+,26+,27+,28-,29+,30-,31-,32-,33-,34+,35+,36+,37-,38-,39-,40+,41+,42+,43+,44-,45+,46-,47-,50-,51+,52+,53+/m0/s1. The van der Waals surface area contributed by atoms with Crippen molar-refractivity contribution in [3.8, 4) is 0 Å². The molecule has 8 fully saturated rings. The van der Waals surface area contributed by atoms with Crippen molar-refractivity contribution < 1.29 is 114 Å². The molecule has 0 aromatic carbocycles. The van der Waals surface area contributed by atoms with E-state index in [1.807, 2.05) is 13.8 Å². The van der Waals surface area contributed by atoms with E-state index >= 15 is 0 Å². The molecule has 0 unspecified atom stereocenters. The Kier molecular flexibility index (Phi) is 16.8. The molecular weight excluding hydrogens is 1000 g/mol. The van der Waals surface area contributed by atoms with Crippen LogP contribution in [0.25, 0.3) is 0 Å². The predicted molar refractivity (Wildman–Crippen MR) is 259 cm³/mol. The van der Waals surface area contributed by atoms with Gasteiger partial charge in [0.15, 0.2) is 25.2 Å². The summed E-state index contributed by atoms with van der Waals surface area (Å²) in [7, 11) is 0. The highest BCUT2D eigenvalue weighted by Gasteiger charge is 2.71. The highest BCUT2D eigenvalue weighted by molar-refractivity contribution is 5.35. The van der Waals surface area contributed by atoms with Crippen molar-refractivity contribution in [3.63, 3.8) is 0 Å². The van der Waals surface area contributed by atoms with E-state index < -0.39 is 177 Å². The SMILES string of the molecule is CC1(C)C[C@H]2C3=CC[C@@H]4[C@@]5(C)CC[C@H](O[C@@H]6O[C@H](CO[C@@H]7O[C@H](CO[C@@H]8OC[C@@H](O)[C@H](O)[C@H]8O)[C@@H](O)[C@H](O)[C@H]7O)[C@@H](O)[C@H](O)[C@H]6O)C(C)(C)[C@@H]5CC[C@@]4(C)[C@]3(C)C[C@H](O)[C@@]2(CO)C[C@@H]1O[C@@H]1O[C@H](CO)[C@@H](O)[C@H](O)[C@H]1O. The number of fused-ring (bicyclic) bond motifs is 7. The van der Waals surface area contributed by atoms with E-state index in [1.54, 1.807) is 0 Å². The average Bonchev–Trinajstić information content (AvgIpc) is 3.37. The molecule has 29 atom stereocenters. The van der Waals surface area contributed by atoms with Gasteiger partial charge in [-0.05, 0) is 96.2 Å². The molecule has 0 aromatic rings. The molecule has 438 valence electrons. The molecule has 4 aliphatic heterocycles. The lowest BCUT2D eigenvalue weighted by Crippen LogP contribution is -2.68. The molecule has 23 nitrogen and oxygen atoms in total. The summed E-state index contributed by atoms with van der Waals surface area (Å²) in [5.41, 5.74) is -1.81. The van der Waals surface area contributed by atoms with Crippen molar-refractivity contribution >= 4 is 0 Å². The Morgan fingerprint density at radius 3 is 1.66 bits per heavy atom. The number of aliphatic hydroxyl groups is 15. The second-order valence-electron chi connectivity index (χ2n) is 26.1. The molecule has 23 heteroatoms. The highest BCUT2D eigenvalue weighted by atomic mass is 16.7. The van der Waals surface area contributed by atoms with Crippen LogP contribution in [0.2, 0.25) is 0 Å². The molecule has 9 rings (SSSR count). The minimum absolute atomic E-state index is 0.109. The molecule has 0 bridgehead atoms. The number of hydrogen-bond acceptors (Lipinski definition) is 23. The van der Waals surface area contributed by atoms with Crippen LogP contribution in [0.15, 0.2) is 11.6 Å². The van der Waals surface area contributed by atoms with Gasteiger partial charge < -0.3 is 114 Å². The van der Waals surface area contributed by atoms with Crippen molar-refractivity contribution in [2.24, 2.45) is 50.2 Å².